The highest BCUT2D eigenvalue weighted by atomic mass is 35.5. The Kier molecular flexibility index (Phi) is 11.6. The zero-order valence-corrected chi connectivity index (χ0v) is 25.9. The Balaban J connectivity index is 0.000000222. The van der Waals surface area contributed by atoms with Gasteiger partial charge < -0.3 is 18.5 Å². The van der Waals surface area contributed by atoms with Gasteiger partial charge in [-0.2, -0.15) is 4.98 Å². The SMILES string of the molecule is CCN(CC)c1nc(C)cc(OP(=S)(OC)OC)n1.CN=C1CN(O)C(c2ccccc2)=c2cc(Cl)ccc2=N1. The summed E-state index contributed by atoms with van der Waals surface area (Å²) >= 11 is 11.3. The Bertz CT molecular complexity index is 1500. The molecule has 4 rings (SSSR count). The molecule has 0 radical (unpaired) electrons. The van der Waals surface area contributed by atoms with E-state index in [0.717, 1.165) is 34.9 Å². The summed E-state index contributed by atoms with van der Waals surface area (Å²) in [6.07, 6.45) is 0. The fourth-order valence-electron chi connectivity index (χ4n) is 3.83. The molecule has 3 aromatic rings. The molecule has 13 heteroatoms. The second kappa shape index (κ2) is 14.6. The number of nitrogens with zero attached hydrogens (tertiary/aromatic N) is 6. The van der Waals surface area contributed by atoms with Crippen molar-refractivity contribution < 1.29 is 18.8 Å². The fourth-order valence-corrected chi connectivity index (χ4v) is 4.85. The number of hydrogen-bond acceptors (Lipinski definition) is 10. The Morgan fingerprint density at radius 3 is 2.35 bits per heavy atom. The Morgan fingerprint density at radius 1 is 1.07 bits per heavy atom. The lowest BCUT2D eigenvalue weighted by atomic mass is 10.1. The molecule has 0 spiro atoms. The minimum atomic E-state index is -2.77. The molecule has 0 saturated carbocycles. The number of anilines is 1. The second-order valence-corrected chi connectivity index (χ2v) is 12.0. The summed E-state index contributed by atoms with van der Waals surface area (Å²) in [6.45, 7) is 5.08. The van der Waals surface area contributed by atoms with Gasteiger partial charge in [-0.1, -0.05) is 41.9 Å². The van der Waals surface area contributed by atoms with E-state index in [4.69, 9.17) is 37.0 Å². The van der Waals surface area contributed by atoms with Crippen LogP contribution in [-0.4, -0.2) is 67.0 Å². The zero-order valence-electron chi connectivity index (χ0n) is 23.4. The Hall–Kier alpha value is -2.92. The molecule has 0 atom stereocenters. The largest absolute Gasteiger partial charge is 0.405 e. The minimum absolute atomic E-state index is 0.229. The Morgan fingerprint density at radius 2 is 1.75 bits per heavy atom. The number of aromatic nitrogens is 2. The van der Waals surface area contributed by atoms with Crippen molar-refractivity contribution in [2.45, 2.75) is 20.8 Å². The van der Waals surface area contributed by atoms with E-state index in [0.29, 0.717) is 28.4 Å². The molecule has 1 aliphatic rings. The van der Waals surface area contributed by atoms with Gasteiger partial charge in [0.15, 0.2) is 0 Å². The van der Waals surface area contributed by atoms with Crippen LogP contribution in [0.25, 0.3) is 5.70 Å². The molecule has 0 aliphatic carbocycles. The predicted molar refractivity (Wildman–Crippen MR) is 162 cm³/mol. The maximum absolute atomic E-state index is 10.5. The molecule has 0 fully saturated rings. The van der Waals surface area contributed by atoms with Crippen LogP contribution in [0.15, 0.2) is 64.6 Å². The van der Waals surface area contributed by atoms with Gasteiger partial charge in [0.05, 0.1) is 11.1 Å². The van der Waals surface area contributed by atoms with E-state index in [1.807, 2.05) is 68.1 Å². The third-order valence-electron chi connectivity index (χ3n) is 5.84. The smallest absolute Gasteiger partial charge is 0.381 e. The van der Waals surface area contributed by atoms with E-state index in [-0.39, 0.29) is 6.54 Å². The lowest BCUT2D eigenvalue weighted by Crippen LogP contribution is -2.31. The molecule has 1 N–H and O–H groups in total. The van der Waals surface area contributed by atoms with E-state index in [2.05, 4.69) is 20.0 Å². The molecule has 2 aromatic carbocycles. The summed E-state index contributed by atoms with van der Waals surface area (Å²) in [7, 11) is 4.59. The van der Waals surface area contributed by atoms with E-state index in [1.54, 1.807) is 19.2 Å². The van der Waals surface area contributed by atoms with E-state index >= 15 is 0 Å². The monoisotopic (exact) mass is 604 g/mol. The number of hydroxylamine groups is 2. The van der Waals surface area contributed by atoms with E-state index < -0.39 is 6.72 Å². The number of amidine groups is 1. The molecular weight excluding hydrogens is 571 g/mol. The van der Waals surface area contributed by atoms with Crippen LogP contribution in [0, 0.1) is 6.92 Å². The molecule has 10 nitrogen and oxygen atoms in total. The predicted octanol–water partition coefficient (Wildman–Crippen LogP) is 4.38. The molecule has 0 unspecified atom stereocenters. The van der Waals surface area contributed by atoms with Gasteiger partial charge in [-0.3, -0.25) is 10.2 Å². The highest BCUT2D eigenvalue weighted by Gasteiger charge is 2.21. The quantitative estimate of drug-likeness (QED) is 0.375. The number of aryl methyl sites for hydroxylation is 1. The summed E-state index contributed by atoms with van der Waals surface area (Å²) in [6, 6.07) is 16.8. The van der Waals surface area contributed by atoms with Gasteiger partial charge in [-0.05, 0) is 39.0 Å². The molecule has 0 amide bonds. The van der Waals surface area contributed by atoms with Crippen LogP contribution >= 0.6 is 18.3 Å². The van der Waals surface area contributed by atoms with E-state index in [9.17, 15) is 5.21 Å². The van der Waals surface area contributed by atoms with Gasteiger partial charge in [0.25, 0.3) is 0 Å². The summed E-state index contributed by atoms with van der Waals surface area (Å²) in [4.78, 5) is 19.4. The highest BCUT2D eigenvalue weighted by molar-refractivity contribution is 8.07. The van der Waals surface area contributed by atoms with Crippen molar-refractivity contribution in [3.63, 3.8) is 0 Å². The molecule has 0 saturated heterocycles. The summed E-state index contributed by atoms with van der Waals surface area (Å²) in [5.74, 6) is 1.56. The topological polar surface area (TPSA) is 105 Å². The van der Waals surface area contributed by atoms with Gasteiger partial charge in [0.1, 0.15) is 12.4 Å². The maximum atomic E-state index is 10.5. The number of benzene rings is 2. The van der Waals surface area contributed by atoms with Crippen molar-refractivity contribution in [1.29, 1.82) is 0 Å². The molecule has 1 aromatic heterocycles. The first-order valence-corrected chi connectivity index (χ1v) is 15.5. The van der Waals surface area contributed by atoms with Crippen molar-refractivity contribution in [3.05, 3.63) is 81.5 Å². The molecule has 40 heavy (non-hydrogen) atoms. The van der Waals surface area contributed by atoms with Gasteiger partial charge in [-0.25, -0.2) is 15.0 Å². The van der Waals surface area contributed by atoms with Crippen LogP contribution in [0.2, 0.25) is 5.02 Å². The van der Waals surface area contributed by atoms with E-state index in [1.165, 1.54) is 19.3 Å². The van der Waals surface area contributed by atoms with Crippen molar-refractivity contribution in [1.82, 2.24) is 15.0 Å². The average Bonchev–Trinajstić information content (AvgIpc) is 3.09. The first kappa shape index (κ1) is 31.6. The first-order valence-electron chi connectivity index (χ1n) is 12.5. The van der Waals surface area contributed by atoms with Crippen molar-refractivity contribution in [2.24, 2.45) is 9.98 Å². The maximum Gasteiger partial charge on any atom is 0.381 e. The first-order chi connectivity index (χ1) is 19.2. The lowest BCUT2D eigenvalue weighted by molar-refractivity contribution is -0.0119. The second-order valence-electron chi connectivity index (χ2n) is 8.41. The van der Waals surface area contributed by atoms with Crippen LogP contribution in [-0.2, 0) is 20.9 Å². The third kappa shape index (κ3) is 8.06. The minimum Gasteiger partial charge on any atom is -0.405 e. The van der Waals surface area contributed by atoms with Gasteiger partial charge >= 0.3 is 6.72 Å². The molecule has 214 valence electrons. The summed E-state index contributed by atoms with van der Waals surface area (Å²) in [5.41, 5.74) is 2.38. The number of aliphatic imine (C=N–C) groups is 1. The number of rotatable bonds is 8. The number of fused-ring (bicyclic) bond motifs is 1. The van der Waals surface area contributed by atoms with Crippen molar-refractivity contribution in [3.8, 4) is 5.88 Å². The van der Waals surface area contributed by atoms with Crippen LogP contribution in [0.4, 0.5) is 5.95 Å². The summed E-state index contributed by atoms with van der Waals surface area (Å²) in [5, 5.41) is 13.8. The number of hydrogen-bond donors (Lipinski definition) is 1. The van der Waals surface area contributed by atoms with Crippen LogP contribution in [0.3, 0.4) is 0 Å². The normalized spacial score (nSPS) is 14.1. The van der Waals surface area contributed by atoms with Crippen LogP contribution in [0.5, 0.6) is 5.88 Å². The zero-order chi connectivity index (χ0) is 29.3. The standard InChI is InChI=1S/C16H14ClN3O.C11H20N3O3PS/c1-18-15-10-20(21)16(11-5-3-2-4-6-11)13-9-12(17)7-8-14(13)19-15;1-6-14(7-2)11-12-9(3)8-10(13-11)17-18(19,15-4)16-5/h2-9,21H,10H2,1H3;8H,6-7H2,1-5H3. The molecular formula is C27H34ClN6O4PS. The number of halogens is 1. The Labute approximate surface area is 244 Å². The molecule has 0 bridgehead atoms. The van der Waals surface area contributed by atoms with Crippen LogP contribution < -0.4 is 20.0 Å². The van der Waals surface area contributed by atoms with Crippen molar-refractivity contribution in [2.75, 3.05) is 45.8 Å². The molecule has 1 aliphatic heterocycles. The average molecular weight is 605 g/mol. The van der Waals surface area contributed by atoms with Crippen molar-refractivity contribution >= 4 is 47.6 Å². The van der Waals surface area contributed by atoms with Crippen LogP contribution in [0.1, 0.15) is 25.1 Å². The lowest BCUT2D eigenvalue weighted by Gasteiger charge is -2.21. The summed E-state index contributed by atoms with van der Waals surface area (Å²) < 4.78 is 15.7. The highest BCUT2D eigenvalue weighted by Crippen LogP contribution is 2.47. The third-order valence-corrected chi connectivity index (χ3v) is 8.49. The van der Waals surface area contributed by atoms with Gasteiger partial charge in [0, 0.05) is 73.7 Å². The van der Waals surface area contributed by atoms with Gasteiger partial charge in [-0.15, -0.1) is 0 Å². The van der Waals surface area contributed by atoms with Gasteiger partial charge in [0.2, 0.25) is 11.8 Å². The molecule has 2 heterocycles. The fraction of sp³-hybridized carbons (Fsp3) is 0.333.